The summed E-state index contributed by atoms with van der Waals surface area (Å²) in [5, 5.41) is 13.7. The van der Waals surface area contributed by atoms with Crippen molar-refractivity contribution < 1.29 is 9.53 Å². The molecule has 1 heterocycles. The first kappa shape index (κ1) is 21.1. The summed E-state index contributed by atoms with van der Waals surface area (Å²) in [5.74, 6) is 0.693. The number of carbonyl (C=O) groups excluding carboxylic acids is 1. The van der Waals surface area contributed by atoms with E-state index in [-0.39, 0.29) is 18.7 Å². The van der Waals surface area contributed by atoms with Crippen LogP contribution in [-0.2, 0) is 11.2 Å². The zero-order chi connectivity index (χ0) is 21.5. The van der Waals surface area contributed by atoms with Gasteiger partial charge in [0.05, 0.1) is 36.9 Å². The highest BCUT2D eigenvalue weighted by Crippen LogP contribution is 2.23. The van der Waals surface area contributed by atoms with Gasteiger partial charge < -0.3 is 9.64 Å². The van der Waals surface area contributed by atoms with Crippen molar-refractivity contribution in [3.63, 3.8) is 0 Å². The molecule has 3 rings (SSSR count). The Balaban J connectivity index is 1.86. The molecule has 0 fully saturated rings. The summed E-state index contributed by atoms with van der Waals surface area (Å²) < 4.78 is 7.36. The fourth-order valence-electron chi connectivity index (χ4n) is 3.45. The Morgan fingerprint density at radius 3 is 2.47 bits per heavy atom. The van der Waals surface area contributed by atoms with E-state index in [0.717, 1.165) is 34.1 Å². The highest BCUT2D eigenvalue weighted by molar-refractivity contribution is 5.95. The lowest BCUT2D eigenvalue weighted by Gasteiger charge is -2.22. The summed E-state index contributed by atoms with van der Waals surface area (Å²) in [6.45, 7) is 6.75. The number of aryl methyl sites for hydroxylation is 1. The van der Waals surface area contributed by atoms with Crippen LogP contribution in [-0.4, -0.2) is 28.8 Å². The average Bonchev–Trinajstić information content (AvgIpc) is 3.04. The molecule has 0 spiro atoms. The smallest absolute Gasteiger partial charge is 0.231 e. The molecule has 1 amide bonds. The van der Waals surface area contributed by atoms with Crippen molar-refractivity contribution >= 4 is 11.6 Å². The number of nitrogens with zero attached hydrogens (tertiary/aromatic N) is 4. The molecule has 154 valence electrons. The second kappa shape index (κ2) is 9.75. The Morgan fingerprint density at radius 1 is 1.13 bits per heavy atom. The zero-order valence-corrected chi connectivity index (χ0v) is 17.6. The molecular weight excluding hydrogens is 376 g/mol. The first-order valence-electron chi connectivity index (χ1n) is 10.1. The minimum Gasteiger partial charge on any atom is -0.494 e. The lowest BCUT2D eigenvalue weighted by Crippen LogP contribution is -2.33. The van der Waals surface area contributed by atoms with E-state index in [2.05, 4.69) is 11.2 Å². The third-order valence-electron chi connectivity index (χ3n) is 4.98. The third-order valence-corrected chi connectivity index (χ3v) is 4.98. The van der Waals surface area contributed by atoms with Crippen molar-refractivity contribution in [1.82, 2.24) is 9.78 Å². The highest BCUT2D eigenvalue weighted by atomic mass is 16.5. The lowest BCUT2D eigenvalue weighted by atomic mass is 10.1. The summed E-state index contributed by atoms with van der Waals surface area (Å²) in [6, 6.07) is 19.4. The minimum atomic E-state index is -0.0618. The predicted molar refractivity (Wildman–Crippen MR) is 117 cm³/mol. The van der Waals surface area contributed by atoms with Crippen LogP contribution in [0.1, 0.15) is 30.3 Å². The van der Waals surface area contributed by atoms with Crippen LogP contribution in [0.5, 0.6) is 5.75 Å². The van der Waals surface area contributed by atoms with Gasteiger partial charge >= 0.3 is 0 Å². The quantitative estimate of drug-likeness (QED) is 0.561. The van der Waals surface area contributed by atoms with Gasteiger partial charge in [-0.3, -0.25) is 4.79 Å². The SMILES string of the molecule is CCOc1ccc(N(CCC#N)C(=O)Cc2c(C)nn(-c3ccccc3)c2C)cc1. The minimum absolute atomic E-state index is 0.0618. The highest BCUT2D eigenvalue weighted by Gasteiger charge is 2.21. The number of carbonyl (C=O) groups is 1. The maximum absolute atomic E-state index is 13.2. The topological polar surface area (TPSA) is 71.2 Å². The van der Waals surface area contributed by atoms with Crippen molar-refractivity contribution in [1.29, 1.82) is 5.26 Å². The molecule has 0 saturated carbocycles. The first-order valence-corrected chi connectivity index (χ1v) is 10.1. The lowest BCUT2D eigenvalue weighted by molar-refractivity contribution is -0.118. The van der Waals surface area contributed by atoms with Gasteiger partial charge in [0.15, 0.2) is 0 Å². The third kappa shape index (κ3) is 4.69. The van der Waals surface area contributed by atoms with E-state index in [0.29, 0.717) is 13.2 Å². The molecule has 6 heteroatoms. The van der Waals surface area contributed by atoms with E-state index in [9.17, 15) is 4.79 Å². The molecule has 1 aromatic heterocycles. The van der Waals surface area contributed by atoms with Crippen LogP contribution in [0.25, 0.3) is 5.69 Å². The van der Waals surface area contributed by atoms with Gasteiger partial charge in [0, 0.05) is 23.5 Å². The van der Waals surface area contributed by atoms with Gasteiger partial charge in [-0.15, -0.1) is 0 Å². The molecule has 0 aliphatic rings. The molecule has 0 bridgehead atoms. The van der Waals surface area contributed by atoms with Gasteiger partial charge in [0.1, 0.15) is 5.75 Å². The Labute approximate surface area is 177 Å². The van der Waals surface area contributed by atoms with E-state index in [1.165, 1.54) is 0 Å². The van der Waals surface area contributed by atoms with Gasteiger partial charge in [-0.25, -0.2) is 4.68 Å². The maximum atomic E-state index is 13.2. The molecular formula is C24H26N4O2. The molecule has 0 unspecified atom stereocenters. The molecule has 6 nitrogen and oxygen atoms in total. The van der Waals surface area contributed by atoms with Gasteiger partial charge in [-0.2, -0.15) is 10.4 Å². The van der Waals surface area contributed by atoms with Crippen LogP contribution in [0.3, 0.4) is 0 Å². The predicted octanol–water partition coefficient (Wildman–Crippen LogP) is 4.38. The normalized spacial score (nSPS) is 10.5. The number of hydrogen-bond acceptors (Lipinski definition) is 4. The standard InChI is InChI=1S/C24H26N4O2/c1-4-30-22-13-11-20(12-14-22)27(16-8-15-25)24(29)17-23-18(2)26-28(19(23)3)21-9-6-5-7-10-21/h5-7,9-14H,4,8,16-17H2,1-3H3. The van der Waals surface area contributed by atoms with Gasteiger partial charge in [0.2, 0.25) is 5.91 Å². The summed E-state index contributed by atoms with van der Waals surface area (Å²) >= 11 is 0. The van der Waals surface area contributed by atoms with Crippen LogP contribution in [0.4, 0.5) is 5.69 Å². The van der Waals surface area contributed by atoms with Crippen LogP contribution in [0.15, 0.2) is 54.6 Å². The monoisotopic (exact) mass is 402 g/mol. The summed E-state index contributed by atoms with van der Waals surface area (Å²) in [4.78, 5) is 14.9. The van der Waals surface area contributed by atoms with Gasteiger partial charge in [-0.1, -0.05) is 18.2 Å². The Morgan fingerprint density at radius 2 is 1.83 bits per heavy atom. The van der Waals surface area contributed by atoms with Crippen molar-refractivity contribution in [3.05, 3.63) is 71.5 Å². The van der Waals surface area contributed by atoms with Crippen molar-refractivity contribution in [3.8, 4) is 17.5 Å². The van der Waals surface area contributed by atoms with Crippen molar-refractivity contribution in [2.24, 2.45) is 0 Å². The molecule has 0 N–H and O–H groups in total. The molecule has 0 radical (unpaired) electrons. The second-order valence-electron chi connectivity index (χ2n) is 6.95. The first-order chi connectivity index (χ1) is 14.5. The number of anilines is 1. The van der Waals surface area contributed by atoms with E-state index >= 15 is 0 Å². The van der Waals surface area contributed by atoms with Gasteiger partial charge in [0.25, 0.3) is 0 Å². The molecule has 0 atom stereocenters. The Hall–Kier alpha value is -3.59. The number of ether oxygens (including phenoxy) is 1. The molecule has 3 aromatic rings. The number of hydrogen-bond donors (Lipinski definition) is 0. The van der Waals surface area contributed by atoms with E-state index < -0.39 is 0 Å². The maximum Gasteiger partial charge on any atom is 0.231 e. The van der Waals surface area contributed by atoms with Crippen LogP contribution >= 0.6 is 0 Å². The van der Waals surface area contributed by atoms with E-state index in [1.54, 1.807) is 4.90 Å². The Kier molecular flexibility index (Phi) is 6.87. The van der Waals surface area contributed by atoms with Crippen molar-refractivity contribution in [2.75, 3.05) is 18.1 Å². The zero-order valence-electron chi connectivity index (χ0n) is 17.6. The largest absolute Gasteiger partial charge is 0.494 e. The molecule has 2 aromatic carbocycles. The van der Waals surface area contributed by atoms with Crippen LogP contribution < -0.4 is 9.64 Å². The second-order valence-corrected chi connectivity index (χ2v) is 6.95. The summed E-state index contributed by atoms with van der Waals surface area (Å²) in [5.41, 5.74) is 4.40. The summed E-state index contributed by atoms with van der Waals surface area (Å²) in [6.07, 6.45) is 0.489. The summed E-state index contributed by atoms with van der Waals surface area (Å²) in [7, 11) is 0. The van der Waals surface area contributed by atoms with Gasteiger partial charge in [-0.05, 0) is 57.2 Å². The molecule has 0 saturated heterocycles. The number of benzene rings is 2. The molecule has 30 heavy (non-hydrogen) atoms. The molecule has 0 aliphatic carbocycles. The number of para-hydroxylation sites is 1. The van der Waals surface area contributed by atoms with Crippen LogP contribution in [0, 0.1) is 25.2 Å². The number of nitriles is 1. The Bertz CT molecular complexity index is 1030. The number of aromatic nitrogens is 2. The average molecular weight is 402 g/mol. The fraction of sp³-hybridized carbons (Fsp3) is 0.292. The number of amides is 1. The van der Waals surface area contributed by atoms with E-state index in [4.69, 9.17) is 10.00 Å². The fourth-order valence-corrected chi connectivity index (χ4v) is 3.45. The van der Waals surface area contributed by atoms with Crippen molar-refractivity contribution in [2.45, 2.75) is 33.6 Å². The molecule has 0 aliphatic heterocycles. The van der Waals surface area contributed by atoms with Crippen LogP contribution in [0.2, 0.25) is 0 Å². The van der Waals surface area contributed by atoms with E-state index in [1.807, 2.05) is 80.1 Å². The number of rotatable bonds is 8.